The summed E-state index contributed by atoms with van der Waals surface area (Å²) in [5, 5.41) is 5.63. The van der Waals surface area contributed by atoms with E-state index in [2.05, 4.69) is 21.7 Å². The van der Waals surface area contributed by atoms with E-state index < -0.39 is 11.7 Å². The number of rotatable bonds is 6. The molecule has 0 aliphatic rings. The SMILES string of the molecule is Cc1cc(C)cc(NC(=O)CSc2nc3ccc(NC(=O)c4ccccc4F)cc3s2)c1. The Morgan fingerprint density at radius 3 is 2.47 bits per heavy atom. The smallest absolute Gasteiger partial charge is 0.258 e. The number of benzene rings is 3. The fourth-order valence-electron chi connectivity index (χ4n) is 3.26. The quantitative estimate of drug-likeness (QED) is 0.341. The van der Waals surface area contributed by atoms with Crippen molar-refractivity contribution in [2.75, 3.05) is 16.4 Å². The van der Waals surface area contributed by atoms with Gasteiger partial charge in [-0.05, 0) is 67.4 Å². The van der Waals surface area contributed by atoms with Crippen LogP contribution in [-0.2, 0) is 4.79 Å². The van der Waals surface area contributed by atoms with Crippen LogP contribution in [0.15, 0.2) is 65.0 Å². The third-order valence-corrected chi connectivity index (χ3v) is 6.74. The minimum atomic E-state index is -0.568. The van der Waals surface area contributed by atoms with Crippen molar-refractivity contribution >= 4 is 56.5 Å². The monoisotopic (exact) mass is 465 g/mol. The summed E-state index contributed by atoms with van der Waals surface area (Å²) < 4.78 is 15.4. The average molecular weight is 466 g/mol. The minimum Gasteiger partial charge on any atom is -0.325 e. The Bertz CT molecular complexity index is 1300. The fraction of sp³-hybridized carbons (Fsp3) is 0.125. The number of carbonyl (C=O) groups excluding carboxylic acids is 2. The van der Waals surface area contributed by atoms with E-state index in [-0.39, 0.29) is 17.2 Å². The summed E-state index contributed by atoms with van der Waals surface area (Å²) in [6.07, 6.45) is 0. The van der Waals surface area contributed by atoms with Crippen LogP contribution in [0.1, 0.15) is 21.5 Å². The number of nitrogens with one attached hydrogen (secondary N) is 2. The van der Waals surface area contributed by atoms with Crippen molar-refractivity contribution in [3.05, 3.63) is 83.2 Å². The zero-order chi connectivity index (χ0) is 22.7. The maximum Gasteiger partial charge on any atom is 0.258 e. The van der Waals surface area contributed by atoms with Gasteiger partial charge in [-0.2, -0.15) is 0 Å². The molecule has 5 nitrogen and oxygen atoms in total. The number of aromatic nitrogens is 1. The second-order valence-electron chi connectivity index (χ2n) is 7.31. The molecule has 162 valence electrons. The first-order chi connectivity index (χ1) is 15.4. The number of nitrogens with zero attached hydrogens (tertiary/aromatic N) is 1. The van der Waals surface area contributed by atoms with Crippen molar-refractivity contribution in [2.24, 2.45) is 0 Å². The van der Waals surface area contributed by atoms with Crippen molar-refractivity contribution in [3.63, 3.8) is 0 Å². The zero-order valence-electron chi connectivity index (χ0n) is 17.4. The molecule has 0 saturated carbocycles. The Kier molecular flexibility index (Phi) is 6.53. The highest BCUT2D eigenvalue weighted by molar-refractivity contribution is 8.01. The van der Waals surface area contributed by atoms with E-state index in [0.717, 1.165) is 31.4 Å². The number of halogens is 1. The topological polar surface area (TPSA) is 71.1 Å². The second-order valence-corrected chi connectivity index (χ2v) is 9.56. The predicted octanol–water partition coefficient (Wildman–Crippen LogP) is 6.04. The van der Waals surface area contributed by atoms with Crippen LogP contribution in [-0.4, -0.2) is 22.6 Å². The highest BCUT2D eigenvalue weighted by Crippen LogP contribution is 2.31. The zero-order valence-corrected chi connectivity index (χ0v) is 19.1. The summed E-state index contributed by atoms with van der Waals surface area (Å²) in [5.74, 6) is -0.938. The normalized spacial score (nSPS) is 10.8. The summed E-state index contributed by atoms with van der Waals surface area (Å²) in [4.78, 5) is 29.2. The van der Waals surface area contributed by atoms with E-state index in [1.807, 2.05) is 26.0 Å². The predicted molar refractivity (Wildman–Crippen MR) is 129 cm³/mol. The third-order valence-electron chi connectivity index (χ3n) is 4.58. The van der Waals surface area contributed by atoms with Crippen LogP contribution in [0.3, 0.4) is 0 Å². The van der Waals surface area contributed by atoms with E-state index in [9.17, 15) is 14.0 Å². The van der Waals surface area contributed by atoms with Gasteiger partial charge in [0.05, 0.1) is 21.5 Å². The maximum absolute atomic E-state index is 13.8. The van der Waals surface area contributed by atoms with Crippen LogP contribution in [0.4, 0.5) is 15.8 Å². The number of anilines is 2. The number of fused-ring (bicyclic) bond motifs is 1. The molecule has 0 saturated heterocycles. The first kappa shape index (κ1) is 22.0. The molecule has 0 fully saturated rings. The lowest BCUT2D eigenvalue weighted by atomic mass is 10.1. The lowest BCUT2D eigenvalue weighted by Crippen LogP contribution is -2.14. The van der Waals surface area contributed by atoms with Crippen LogP contribution in [0.5, 0.6) is 0 Å². The molecule has 1 heterocycles. The number of hydrogen-bond donors (Lipinski definition) is 2. The van der Waals surface area contributed by atoms with Gasteiger partial charge in [-0.1, -0.05) is 30.0 Å². The Morgan fingerprint density at radius 1 is 0.969 bits per heavy atom. The molecular weight excluding hydrogens is 445 g/mol. The summed E-state index contributed by atoms with van der Waals surface area (Å²) in [6, 6.07) is 17.1. The van der Waals surface area contributed by atoms with Crippen LogP contribution < -0.4 is 10.6 Å². The van der Waals surface area contributed by atoms with Gasteiger partial charge in [0.2, 0.25) is 5.91 Å². The summed E-state index contributed by atoms with van der Waals surface area (Å²) in [5.41, 5.74) is 4.29. The Balaban J connectivity index is 1.40. The number of amides is 2. The van der Waals surface area contributed by atoms with Crippen molar-refractivity contribution in [1.82, 2.24) is 4.98 Å². The van der Waals surface area contributed by atoms with Gasteiger partial charge in [0, 0.05) is 11.4 Å². The van der Waals surface area contributed by atoms with Gasteiger partial charge in [0.1, 0.15) is 5.82 Å². The molecule has 1 aromatic heterocycles. The maximum atomic E-state index is 13.8. The van der Waals surface area contributed by atoms with Gasteiger partial charge >= 0.3 is 0 Å². The second kappa shape index (κ2) is 9.50. The summed E-state index contributed by atoms with van der Waals surface area (Å²) in [7, 11) is 0. The molecule has 4 aromatic rings. The van der Waals surface area contributed by atoms with E-state index in [0.29, 0.717) is 5.69 Å². The molecule has 0 aliphatic heterocycles. The van der Waals surface area contributed by atoms with Crippen LogP contribution in [0, 0.1) is 19.7 Å². The molecule has 0 spiro atoms. The van der Waals surface area contributed by atoms with Crippen molar-refractivity contribution in [2.45, 2.75) is 18.2 Å². The fourth-order valence-corrected chi connectivity index (χ4v) is 5.17. The van der Waals surface area contributed by atoms with Gasteiger partial charge < -0.3 is 10.6 Å². The van der Waals surface area contributed by atoms with Crippen LogP contribution >= 0.6 is 23.1 Å². The van der Waals surface area contributed by atoms with E-state index in [4.69, 9.17) is 0 Å². The molecule has 2 N–H and O–H groups in total. The minimum absolute atomic E-state index is 0.0111. The molecule has 0 atom stereocenters. The van der Waals surface area contributed by atoms with Gasteiger partial charge in [-0.3, -0.25) is 9.59 Å². The third kappa shape index (κ3) is 5.33. The van der Waals surface area contributed by atoms with E-state index >= 15 is 0 Å². The van der Waals surface area contributed by atoms with Crippen molar-refractivity contribution in [1.29, 1.82) is 0 Å². The Hall–Kier alpha value is -3.23. The Labute approximate surface area is 193 Å². The molecule has 2 amide bonds. The number of thiazole rings is 1. The standard InChI is InChI=1S/C24H20FN3O2S2/c1-14-9-15(2)11-17(10-14)26-22(29)13-31-24-28-20-8-7-16(12-21(20)32-24)27-23(30)18-5-3-4-6-19(18)25/h3-12H,13H2,1-2H3,(H,26,29)(H,27,30). The molecule has 32 heavy (non-hydrogen) atoms. The molecule has 0 bridgehead atoms. The largest absolute Gasteiger partial charge is 0.325 e. The van der Waals surface area contributed by atoms with Crippen LogP contribution in [0.2, 0.25) is 0 Å². The number of thioether (sulfide) groups is 1. The van der Waals surface area contributed by atoms with Crippen molar-refractivity contribution in [3.8, 4) is 0 Å². The van der Waals surface area contributed by atoms with Crippen molar-refractivity contribution < 1.29 is 14.0 Å². The Morgan fingerprint density at radius 2 is 1.72 bits per heavy atom. The summed E-state index contributed by atoms with van der Waals surface area (Å²) >= 11 is 2.80. The molecule has 0 radical (unpaired) electrons. The molecule has 3 aromatic carbocycles. The van der Waals surface area contributed by atoms with Crippen LogP contribution in [0.25, 0.3) is 10.2 Å². The first-order valence-corrected chi connectivity index (χ1v) is 11.6. The highest BCUT2D eigenvalue weighted by Gasteiger charge is 2.13. The lowest BCUT2D eigenvalue weighted by molar-refractivity contribution is -0.113. The molecule has 0 aliphatic carbocycles. The van der Waals surface area contributed by atoms with Gasteiger partial charge in [0.25, 0.3) is 5.91 Å². The highest BCUT2D eigenvalue weighted by atomic mass is 32.2. The van der Waals surface area contributed by atoms with Gasteiger partial charge in [-0.25, -0.2) is 9.37 Å². The van der Waals surface area contributed by atoms with Gasteiger partial charge in [-0.15, -0.1) is 11.3 Å². The average Bonchev–Trinajstić information content (AvgIpc) is 3.14. The molecule has 4 rings (SSSR count). The lowest BCUT2D eigenvalue weighted by Gasteiger charge is -2.06. The summed E-state index contributed by atoms with van der Waals surface area (Å²) in [6.45, 7) is 3.98. The number of hydrogen-bond acceptors (Lipinski definition) is 5. The van der Waals surface area contributed by atoms with E-state index in [1.165, 1.54) is 41.3 Å². The number of aryl methyl sites for hydroxylation is 2. The van der Waals surface area contributed by atoms with Gasteiger partial charge in [0.15, 0.2) is 4.34 Å². The number of carbonyl (C=O) groups is 2. The molecule has 0 unspecified atom stereocenters. The van der Waals surface area contributed by atoms with E-state index in [1.54, 1.807) is 24.3 Å². The molecule has 8 heteroatoms. The molecular formula is C24H20FN3O2S2. The first-order valence-electron chi connectivity index (χ1n) is 9.85.